The quantitative estimate of drug-likeness (QED) is 0.520. The Labute approximate surface area is 113 Å². The van der Waals surface area contributed by atoms with Crippen LogP contribution in [0.1, 0.15) is 55.4 Å². The third-order valence-electron chi connectivity index (χ3n) is 3.53. The van der Waals surface area contributed by atoms with Gasteiger partial charge in [-0.2, -0.15) is 0 Å². The number of hydrogen-bond donors (Lipinski definition) is 2. The van der Waals surface area contributed by atoms with Crippen molar-refractivity contribution in [1.82, 2.24) is 11.0 Å². The summed E-state index contributed by atoms with van der Waals surface area (Å²) in [5.41, 5.74) is 5.94. The van der Waals surface area contributed by atoms with Crippen molar-refractivity contribution in [1.29, 1.82) is 0 Å². The van der Waals surface area contributed by atoms with Gasteiger partial charge in [0.05, 0.1) is 11.7 Å². The summed E-state index contributed by atoms with van der Waals surface area (Å²) in [6, 6.07) is 0. The highest BCUT2D eigenvalue weighted by atomic mass is 16.7. The molecule has 1 atom stereocenters. The van der Waals surface area contributed by atoms with Gasteiger partial charge in [0.2, 0.25) is 0 Å². The maximum Gasteiger partial charge on any atom is 0.0863 e. The van der Waals surface area contributed by atoms with Gasteiger partial charge in [-0.3, -0.25) is 9.68 Å². The van der Waals surface area contributed by atoms with E-state index in [1.165, 1.54) is 0 Å². The molecular formula is C14H32N2O2. The van der Waals surface area contributed by atoms with Gasteiger partial charge >= 0.3 is 0 Å². The Morgan fingerprint density at radius 3 is 1.83 bits per heavy atom. The number of hydroxylamine groups is 2. The molecule has 0 aliphatic rings. The number of hydrogen-bond acceptors (Lipinski definition) is 4. The van der Waals surface area contributed by atoms with E-state index in [9.17, 15) is 0 Å². The molecule has 4 nitrogen and oxygen atoms in total. The van der Waals surface area contributed by atoms with Crippen LogP contribution in [0.15, 0.2) is 0 Å². The topological polar surface area (TPSA) is 42.5 Å². The van der Waals surface area contributed by atoms with Gasteiger partial charge in [-0.05, 0) is 32.1 Å². The Bertz CT molecular complexity index is 222. The molecule has 110 valence electrons. The second-order valence-electron chi connectivity index (χ2n) is 6.77. The van der Waals surface area contributed by atoms with Gasteiger partial charge in [0.15, 0.2) is 0 Å². The van der Waals surface area contributed by atoms with Crippen LogP contribution in [0.4, 0.5) is 0 Å². The Kier molecular flexibility index (Phi) is 7.37. The van der Waals surface area contributed by atoms with Gasteiger partial charge in [0.25, 0.3) is 0 Å². The first-order valence-electron chi connectivity index (χ1n) is 6.86. The smallest absolute Gasteiger partial charge is 0.0863 e. The first kappa shape index (κ1) is 17.8. The van der Waals surface area contributed by atoms with Crippen LogP contribution in [0.5, 0.6) is 0 Å². The first-order chi connectivity index (χ1) is 8.07. The minimum atomic E-state index is -0.153. The predicted octanol–water partition coefficient (Wildman–Crippen LogP) is 2.90. The Morgan fingerprint density at radius 2 is 1.39 bits per heavy atom. The molecule has 0 saturated heterocycles. The molecule has 0 spiro atoms. The van der Waals surface area contributed by atoms with E-state index in [4.69, 9.17) is 9.68 Å². The lowest BCUT2D eigenvalue weighted by Crippen LogP contribution is -2.40. The lowest BCUT2D eigenvalue weighted by Gasteiger charge is -2.29. The highest BCUT2D eigenvalue weighted by Crippen LogP contribution is 2.20. The van der Waals surface area contributed by atoms with E-state index in [0.717, 1.165) is 0 Å². The second-order valence-corrected chi connectivity index (χ2v) is 6.77. The molecule has 0 aromatic rings. The van der Waals surface area contributed by atoms with Gasteiger partial charge in [0.1, 0.15) is 0 Å². The fourth-order valence-corrected chi connectivity index (χ4v) is 0.818. The normalized spacial score (nSPS) is 15.2. The molecule has 2 N–H and O–H groups in total. The van der Waals surface area contributed by atoms with Crippen molar-refractivity contribution in [2.75, 3.05) is 13.1 Å². The maximum atomic E-state index is 5.62. The molecule has 0 aromatic heterocycles. The highest BCUT2D eigenvalue weighted by molar-refractivity contribution is 4.71. The summed E-state index contributed by atoms with van der Waals surface area (Å²) in [7, 11) is 0. The van der Waals surface area contributed by atoms with E-state index in [-0.39, 0.29) is 17.1 Å². The Morgan fingerprint density at radius 1 is 0.889 bits per heavy atom. The second kappa shape index (κ2) is 7.43. The van der Waals surface area contributed by atoms with E-state index < -0.39 is 0 Å². The highest BCUT2D eigenvalue weighted by Gasteiger charge is 2.23. The van der Waals surface area contributed by atoms with E-state index in [1.807, 2.05) is 0 Å². The largest absolute Gasteiger partial charge is 0.298 e. The Balaban J connectivity index is 3.59. The summed E-state index contributed by atoms with van der Waals surface area (Å²) in [6.45, 7) is 18.4. The maximum absolute atomic E-state index is 5.62. The van der Waals surface area contributed by atoms with Crippen molar-refractivity contribution >= 4 is 0 Å². The van der Waals surface area contributed by atoms with Crippen molar-refractivity contribution in [3.63, 3.8) is 0 Å². The molecule has 0 radical (unpaired) electrons. The minimum Gasteiger partial charge on any atom is -0.298 e. The fraction of sp³-hybridized carbons (Fsp3) is 1.00. The van der Waals surface area contributed by atoms with Crippen LogP contribution in [0.25, 0.3) is 0 Å². The van der Waals surface area contributed by atoms with Crippen LogP contribution < -0.4 is 11.0 Å². The summed E-state index contributed by atoms with van der Waals surface area (Å²) in [5.74, 6) is 0.468. The van der Waals surface area contributed by atoms with Crippen molar-refractivity contribution in [2.45, 2.75) is 67.1 Å². The van der Waals surface area contributed by atoms with E-state index in [0.29, 0.717) is 19.0 Å². The molecule has 18 heavy (non-hydrogen) atoms. The van der Waals surface area contributed by atoms with Gasteiger partial charge in [-0.15, -0.1) is 0 Å². The molecule has 1 unspecified atom stereocenters. The zero-order valence-corrected chi connectivity index (χ0v) is 13.4. The molecule has 0 aliphatic heterocycles. The van der Waals surface area contributed by atoms with Crippen LogP contribution in [0.3, 0.4) is 0 Å². The molecule has 0 saturated carbocycles. The van der Waals surface area contributed by atoms with Crippen LogP contribution >= 0.6 is 0 Å². The lowest BCUT2D eigenvalue weighted by molar-refractivity contribution is -0.116. The molecule has 4 heteroatoms. The van der Waals surface area contributed by atoms with Gasteiger partial charge in [0, 0.05) is 13.1 Å². The number of nitrogens with one attached hydrogen (secondary N) is 2. The molecule has 0 aromatic carbocycles. The summed E-state index contributed by atoms with van der Waals surface area (Å²) < 4.78 is 0. The monoisotopic (exact) mass is 260 g/mol. The predicted molar refractivity (Wildman–Crippen MR) is 76.0 cm³/mol. The molecular weight excluding hydrogens is 228 g/mol. The first-order valence-corrected chi connectivity index (χ1v) is 6.86. The number of rotatable bonds is 8. The minimum absolute atomic E-state index is 0.149. The summed E-state index contributed by atoms with van der Waals surface area (Å²) in [6.07, 6.45) is 0.172. The zero-order chi connectivity index (χ0) is 14.4. The van der Waals surface area contributed by atoms with Crippen molar-refractivity contribution in [2.24, 2.45) is 11.3 Å². The molecule has 0 rings (SSSR count). The molecule has 0 aliphatic carbocycles. The van der Waals surface area contributed by atoms with Crippen LogP contribution in [-0.2, 0) is 9.68 Å². The molecule has 0 bridgehead atoms. The van der Waals surface area contributed by atoms with Gasteiger partial charge < -0.3 is 0 Å². The zero-order valence-electron chi connectivity index (χ0n) is 13.4. The van der Waals surface area contributed by atoms with Crippen molar-refractivity contribution in [3.8, 4) is 0 Å². The molecule has 0 amide bonds. The van der Waals surface area contributed by atoms with E-state index in [1.54, 1.807) is 0 Å². The van der Waals surface area contributed by atoms with Crippen LogP contribution in [-0.4, -0.2) is 24.8 Å². The average Bonchev–Trinajstić information content (AvgIpc) is 2.21. The van der Waals surface area contributed by atoms with Gasteiger partial charge in [-0.25, -0.2) is 11.0 Å². The summed E-state index contributed by atoms with van der Waals surface area (Å²) in [5, 5.41) is 0. The van der Waals surface area contributed by atoms with Gasteiger partial charge in [-0.1, -0.05) is 34.6 Å². The van der Waals surface area contributed by atoms with E-state index in [2.05, 4.69) is 66.4 Å². The Hall–Kier alpha value is -0.160. The summed E-state index contributed by atoms with van der Waals surface area (Å²) in [4.78, 5) is 11.2. The molecule has 0 heterocycles. The van der Waals surface area contributed by atoms with Crippen molar-refractivity contribution < 1.29 is 9.68 Å². The molecule has 0 fully saturated rings. The lowest BCUT2D eigenvalue weighted by atomic mass is 9.90. The standard InChI is InChI=1S/C14H32N2O2/c1-11(2)14(7,8)18-16-10-9-15-17-12(3)13(4,5)6/h11-12,15-16H,9-10H2,1-8H3. The fourth-order valence-electron chi connectivity index (χ4n) is 0.818. The third kappa shape index (κ3) is 7.31. The SMILES string of the molecule is CC(ONCCNOC(C)(C)C(C)C)C(C)(C)C. The van der Waals surface area contributed by atoms with Crippen LogP contribution in [0, 0.1) is 11.3 Å². The third-order valence-corrected chi connectivity index (χ3v) is 3.53. The average molecular weight is 260 g/mol. The van der Waals surface area contributed by atoms with Crippen LogP contribution in [0.2, 0.25) is 0 Å². The van der Waals surface area contributed by atoms with Crippen molar-refractivity contribution in [3.05, 3.63) is 0 Å². The summed E-state index contributed by atoms with van der Waals surface area (Å²) >= 11 is 0. The van der Waals surface area contributed by atoms with E-state index >= 15 is 0 Å².